The summed E-state index contributed by atoms with van der Waals surface area (Å²) in [6, 6.07) is 10.3. The quantitative estimate of drug-likeness (QED) is 0.767. The van der Waals surface area contributed by atoms with Gasteiger partial charge in [-0.3, -0.25) is 9.78 Å². The van der Waals surface area contributed by atoms with Crippen LogP contribution in [0.1, 0.15) is 42.9 Å². The molecule has 0 unspecified atom stereocenters. The molecule has 1 heterocycles. The molecule has 1 atom stereocenters. The van der Waals surface area contributed by atoms with Crippen molar-refractivity contribution in [3.8, 4) is 11.3 Å². The Hall–Kier alpha value is -2.16. The molecule has 1 aromatic carbocycles. The number of carbonyl (C=O) groups excluding carboxylic acids is 1. The van der Waals surface area contributed by atoms with E-state index >= 15 is 0 Å². The molecule has 0 amide bonds. The van der Waals surface area contributed by atoms with Crippen LogP contribution in [0.25, 0.3) is 11.3 Å². The zero-order chi connectivity index (χ0) is 16.1. The Morgan fingerprint density at radius 1 is 1.23 bits per heavy atom. The van der Waals surface area contributed by atoms with Gasteiger partial charge >= 0.3 is 5.97 Å². The molecule has 2 rings (SSSR count). The maximum absolute atomic E-state index is 11.7. The van der Waals surface area contributed by atoms with Crippen molar-refractivity contribution in [1.29, 1.82) is 0 Å². The fourth-order valence-electron chi connectivity index (χ4n) is 2.70. The number of pyridine rings is 1. The standard InChI is InChI=1S/C19H23NO2/c1-5-22-18(21)11-15(4)16-9-10-20-17(12-16)19-13(2)7-6-8-14(19)3/h6-10,12,15H,5,11H2,1-4H3/t15-/m0/s1. The zero-order valence-corrected chi connectivity index (χ0v) is 13.7. The number of benzene rings is 1. The molecule has 0 N–H and O–H groups in total. The summed E-state index contributed by atoms with van der Waals surface area (Å²) >= 11 is 0. The first-order valence-electron chi connectivity index (χ1n) is 7.71. The highest BCUT2D eigenvalue weighted by Crippen LogP contribution is 2.28. The first-order chi connectivity index (χ1) is 10.5. The van der Waals surface area contributed by atoms with E-state index in [1.165, 1.54) is 16.7 Å². The SMILES string of the molecule is CCOC(=O)C[C@H](C)c1ccnc(-c2c(C)cccc2C)c1. The second kappa shape index (κ2) is 7.21. The van der Waals surface area contributed by atoms with E-state index in [9.17, 15) is 4.79 Å². The molecule has 0 spiro atoms. The summed E-state index contributed by atoms with van der Waals surface area (Å²) in [7, 11) is 0. The summed E-state index contributed by atoms with van der Waals surface area (Å²) in [5.74, 6) is -0.0365. The van der Waals surface area contributed by atoms with Crippen molar-refractivity contribution in [1.82, 2.24) is 4.98 Å². The predicted octanol–water partition coefficient (Wildman–Crippen LogP) is 4.42. The summed E-state index contributed by atoms with van der Waals surface area (Å²) in [5, 5.41) is 0. The van der Waals surface area contributed by atoms with Crippen LogP contribution in [-0.2, 0) is 9.53 Å². The third-order valence-electron chi connectivity index (χ3n) is 3.87. The lowest BCUT2D eigenvalue weighted by Crippen LogP contribution is -2.08. The van der Waals surface area contributed by atoms with Crippen LogP contribution in [0.3, 0.4) is 0 Å². The first kappa shape index (κ1) is 16.2. The number of esters is 1. The number of rotatable bonds is 5. The molecule has 0 saturated heterocycles. The molecule has 0 radical (unpaired) electrons. The number of aryl methyl sites for hydroxylation is 2. The molecule has 0 aliphatic rings. The fourth-order valence-corrected chi connectivity index (χ4v) is 2.70. The fraction of sp³-hybridized carbons (Fsp3) is 0.368. The molecule has 0 saturated carbocycles. The van der Waals surface area contributed by atoms with Crippen LogP contribution in [0.15, 0.2) is 36.5 Å². The van der Waals surface area contributed by atoms with E-state index in [0.717, 1.165) is 11.3 Å². The number of carbonyl (C=O) groups is 1. The number of aromatic nitrogens is 1. The van der Waals surface area contributed by atoms with Gasteiger partial charge in [-0.2, -0.15) is 0 Å². The van der Waals surface area contributed by atoms with Crippen molar-refractivity contribution < 1.29 is 9.53 Å². The van der Waals surface area contributed by atoms with Gasteiger partial charge in [-0.05, 0) is 55.5 Å². The van der Waals surface area contributed by atoms with Crippen molar-refractivity contribution in [3.63, 3.8) is 0 Å². The predicted molar refractivity (Wildman–Crippen MR) is 88.8 cm³/mol. The molecule has 0 bridgehead atoms. The van der Waals surface area contributed by atoms with Crippen LogP contribution in [0.4, 0.5) is 0 Å². The topological polar surface area (TPSA) is 39.2 Å². The van der Waals surface area contributed by atoms with Crippen LogP contribution in [0.5, 0.6) is 0 Å². The smallest absolute Gasteiger partial charge is 0.306 e. The van der Waals surface area contributed by atoms with Crippen molar-refractivity contribution in [2.75, 3.05) is 6.61 Å². The van der Waals surface area contributed by atoms with Crippen LogP contribution in [0, 0.1) is 13.8 Å². The van der Waals surface area contributed by atoms with Gasteiger partial charge in [0.2, 0.25) is 0 Å². The Labute approximate surface area is 132 Å². The minimum atomic E-state index is -0.152. The van der Waals surface area contributed by atoms with E-state index in [1.807, 2.05) is 26.1 Å². The van der Waals surface area contributed by atoms with Crippen LogP contribution < -0.4 is 0 Å². The van der Waals surface area contributed by atoms with Crippen LogP contribution in [0.2, 0.25) is 0 Å². The molecule has 1 aromatic heterocycles. The third-order valence-corrected chi connectivity index (χ3v) is 3.87. The minimum Gasteiger partial charge on any atom is -0.466 e. The lowest BCUT2D eigenvalue weighted by atomic mass is 9.94. The number of nitrogens with zero attached hydrogens (tertiary/aromatic N) is 1. The van der Waals surface area contributed by atoms with Crippen molar-refractivity contribution in [3.05, 3.63) is 53.2 Å². The summed E-state index contributed by atoms with van der Waals surface area (Å²) < 4.78 is 5.03. The minimum absolute atomic E-state index is 0.116. The van der Waals surface area contributed by atoms with Crippen LogP contribution in [-0.4, -0.2) is 17.6 Å². The Bertz CT molecular complexity index is 644. The van der Waals surface area contributed by atoms with E-state index in [4.69, 9.17) is 4.74 Å². The highest BCUT2D eigenvalue weighted by Gasteiger charge is 2.14. The number of hydrogen-bond donors (Lipinski definition) is 0. The summed E-state index contributed by atoms with van der Waals surface area (Å²) in [6.45, 7) is 8.49. The Balaban J connectivity index is 2.29. The summed E-state index contributed by atoms with van der Waals surface area (Å²) in [5.41, 5.74) is 5.67. The van der Waals surface area contributed by atoms with E-state index < -0.39 is 0 Å². The molecule has 22 heavy (non-hydrogen) atoms. The van der Waals surface area contributed by atoms with Gasteiger partial charge in [0.15, 0.2) is 0 Å². The molecule has 116 valence electrons. The van der Waals surface area contributed by atoms with Crippen molar-refractivity contribution >= 4 is 5.97 Å². The average molecular weight is 297 g/mol. The molecule has 0 fully saturated rings. The lowest BCUT2D eigenvalue weighted by molar-refractivity contribution is -0.143. The monoisotopic (exact) mass is 297 g/mol. The van der Waals surface area contributed by atoms with Gasteiger partial charge in [0, 0.05) is 11.8 Å². The molecule has 0 aliphatic carbocycles. The van der Waals surface area contributed by atoms with Gasteiger partial charge in [-0.1, -0.05) is 25.1 Å². The number of ether oxygens (including phenoxy) is 1. The normalized spacial score (nSPS) is 12.0. The maximum Gasteiger partial charge on any atom is 0.306 e. The van der Waals surface area contributed by atoms with E-state index in [-0.39, 0.29) is 11.9 Å². The van der Waals surface area contributed by atoms with Gasteiger partial charge < -0.3 is 4.74 Å². The highest BCUT2D eigenvalue weighted by molar-refractivity contribution is 5.71. The van der Waals surface area contributed by atoms with E-state index in [0.29, 0.717) is 13.0 Å². The Morgan fingerprint density at radius 3 is 2.55 bits per heavy atom. The van der Waals surface area contributed by atoms with Crippen LogP contribution >= 0.6 is 0 Å². The summed E-state index contributed by atoms with van der Waals surface area (Å²) in [4.78, 5) is 16.2. The molecular formula is C19H23NO2. The molecule has 2 aromatic rings. The highest BCUT2D eigenvalue weighted by atomic mass is 16.5. The Kier molecular flexibility index (Phi) is 5.31. The van der Waals surface area contributed by atoms with Gasteiger partial charge in [-0.15, -0.1) is 0 Å². The second-order valence-electron chi connectivity index (χ2n) is 5.65. The summed E-state index contributed by atoms with van der Waals surface area (Å²) in [6.07, 6.45) is 2.21. The zero-order valence-electron chi connectivity index (χ0n) is 13.7. The van der Waals surface area contributed by atoms with E-state index in [2.05, 4.69) is 43.1 Å². The lowest BCUT2D eigenvalue weighted by Gasteiger charge is -2.14. The Morgan fingerprint density at radius 2 is 1.91 bits per heavy atom. The van der Waals surface area contributed by atoms with Gasteiger partial charge in [0.25, 0.3) is 0 Å². The maximum atomic E-state index is 11.7. The molecule has 3 heteroatoms. The first-order valence-corrected chi connectivity index (χ1v) is 7.71. The second-order valence-corrected chi connectivity index (χ2v) is 5.65. The van der Waals surface area contributed by atoms with Crippen molar-refractivity contribution in [2.45, 2.75) is 40.0 Å². The molecule has 3 nitrogen and oxygen atoms in total. The third kappa shape index (κ3) is 3.73. The van der Waals surface area contributed by atoms with E-state index in [1.54, 1.807) is 0 Å². The van der Waals surface area contributed by atoms with Gasteiger partial charge in [-0.25, -0.2) is 0 Å². The van der Waals surface area contributed by atoms with Gasteiger partial charge in [0.1, 0.15) is 0 Å². The van der Waals surface area contributed by atoms with Gasteiger partial charge in [0.05, 0.1) is 18.7 Å². The average Bonchev–Trinajstić information content (AvgIpc) is 2.47. The van der Waals surface area contributed by atoms with Crippen molar-refractivity contribution in [2.24, 2.45) is 0 Å². The molecule has 0 aliphatic heterocycles. The molecular weight excluding hydrogens is 274 g/mol. The largest absolute Gasteiger partial charge is 0.466 e. The number of hydrogen-bond acceptors (Lipinski definition) is 3.